The molecule has 1 saturated carbocycles. The summed E-state index contributed by atoms with van der Waals surface area (Å²) in [6, 6.07) is 0. The summed E-state index contributed by atoms with van der Waals surface area (Å²) in [5, 5.41) is 8.92. The summed E-state index contributed by atoms with van der Waals surface area (Å²) in [4.78, 5) is 11.2. The molecule has 0 heterocycles. The van der Waals surface area contributed by atoms with Crippen molar-refractivity contribution < 1.29 is 19.4 Å². The van der Waals surface area contributed by atoms with Gasteiger partial charge < -0.3 is 14.6 Å². The highest BCUT2D eigenvalue weighted by molar-refractivity contribution is 5.83. The summed E-state index contributed by atoms with van der Waals surface area (Å²) >= 11 is 0. The van der Waals surface area contributed by atoms with E-state index in [1.54, 1.807) is 0 Å². The quantitative estimate of drug-likeness (QED) is 0.499. The molecule has 4 nitrogen and oxygen atoms in total. The van der Waals surface area contributed by atoms with Gasteiger partial charge in [-0.25, -0.2) is 0 Å². The monoisotopic (exact) mass is 188 g/mol. The minimum Gasteiger partial charge on any atom is -0.396 e. The van der Waals surface area contributed by atoms with E-state index in [0.29, 0.717) is 19.4 Å². The van der Waals surface area contributed by atoms with Gasteiger partial charge in [0.2, 0.25) is 0 Å². The molecule has 2 unspecified atom stereocenters. The summed E-state index contributed by atoms with van der Waals surface area (Å²) < 4.78 is 10.3. The summed E-state index contributed by atoms with van der Waals surface area (Å²) in [5.41, 5.74) is 0. The van der Waals surface area contributed by atoms with Gasteiger partial charge >= 0.3 is 0 Å². The second kappa shape index (κ2) is 5.32. The smallest absolute Gasteiger partial charge is 0.147 e. The molecule has 1 fully saturated rings. The zero-order valence-electron chi connectivity index (χ0n) is 7.86. The Kier molecular flexibility index (Phi) is 4.35. The fraction of sp³-hybridized carbons (Fsp3) is 0.889. The van der Waals surface area contributed by atoms with Crippen molar-refractivity contribution >= 4 is 5.78 Å². The minimum absolute atomic E-state index is 0.101. The van der Waals surface area contributed by atoms with Crippen LogP contribution in [-0.2, 0) is 14.3 Å². The highest BCUT2D eigenvalue weighted by atomic mass is 16.7. The molecule has 0 bridgehead atoms. The summed E-state index contributed by atoms with van der Waals surface area (Å²) in [6.07, 6.45) is 1.07. The molecule has 1 rings (SSSR count). The van der Waals surface area contributed by atoms with Crippen LogP contribution in [0.2, 0.25) is 0 Å². The molecule has 0 aliphatic heterocycles. The summed E-state index contributed by atoms with van der Waals surface area (Å²) in [7, 11) is 0. The Morgan fingerprint density at radius 3 is 3.00 bits per heavy atom. The van der Waals surface area contributed by atoms with Gasteiger partial charge in [0.1, 0.15) is 12.6 Å². The highest BCUT2D eigenvalue weighted by Crippen LogP contribution is 2.24. The number of hydrogen-bond donors (Lipinski definition) is 1. The molecule has 0 radical (unpaired) electrons. The Hall–Kier alpha value is -0.450. The molecule has 0 saturated heterocycles. The largest absolute Gasteiger partial charge is 0.396 e. The van der Waals surface area contributed by atoms with Gasteiger partial charge in [-0.1, -0.05) is 0 Å². The number of hydrogen-bond acceptors (Lipinski definition) is 4. The van der Waals surface area contributed by atoms with Crippen LogP contribution >= 0.6 is 0 Å². The third-order valence-corrected chi connectivity index (χ3v) is 2.30. The van der Waals surface area contributed by atoms with Crippen LogP contribution in [0.4, 0.5) is 0 Å². The van der Waals surface area contributed by atoms with E-state index in [9.17, 15) is 4.79 Å². The zero-order chi connectivity index (χ0) is 9.68. The van der Waals surface area contributed by atoms with Gasteiger partial charge in [-0.15, -0.1) is 0 Å². The molecule has 1 N–H and O–H groups in total. The van der Waals surface area contributed by atoms with Gasteiger partial charge in [-0.3, -0.25) is 4.79 Å². The molecule has 0 aromatic rings. The first-order valence-electron chi connectivity index (χ1n) is 4.62. The van der Waals surface area contributed by atoms with E-state index in [0.717, 1.165) is 0 Å². The van der Waals surface area contributed by atoms with Crippen molar-refractivity contribution in [3.63, 3.8) is 0 Å². The van der Waals surface area contributed by atoms with E-state index in [1.807, 2.05) is 6.92 Å². The maximum Gasteiger partial charge on any atom is 0.147 e. The standard InChI is InChI=1S/C9H16O4/c1-2-12-6-13-9-4-3-8(11)7(9)5-10/h7,9-10H,2-6H2,1H3. The number of ketones is 1. The third-order valence-electron chi connectivity index (χ3n) is 2.30. The number of carbonyl (C=O) groups excluding carboxylic acids is 1. The number of aliphatic hydroxyl groups is 1. The van der Waals surface area contributed by atoms with Gasteiger partial charge in [0.25, 0.3) is 0 Å². The van der Waals surface area contributed by atoms with Crippen molar-refractivity contribution in [3.05, 3.63) is 0 Å². The second-order valence-corrected chi connectivity index (χ2v) is 3.11. The van der Waals surface area contributed by atoms with Crippen LogP contribution in [0.3, 0.4) is 0 Å². The van der Waals surface area contributed by atoms with Crippen LogP contribution in [0.15, 0.2) is 0 Å². The predicted octanol–water partition coefficient (Wildman–Crippen LogP) is 0.337. The maximum atomic E-state index is 11.2. The fourth-order valence-corrected chi connectivity index (χ4v) is 1.52. The SMILES string of the molecule is CCOCOC1CCC(=O)C1CO. The third kappa shape index (κ3) is 2.76. The summed E-state index contributed by atoms with van der Waals surface area (Å²) in [6.45, 7) is 2.58. The molecule has 13 heavy (non-hydrogen) atoms. The molecule has 0 aromatic heterocycles. The molecule has 4 heteroatoms. The van der Waals surface area contributed by atoms with Gasteiger partial charge in [-0.2, -0.15) is 0 Å². The lowest BCUT2D eigenvalue weighted by atomic mass is 10.1. The Labute approximate surface area is 77.8 Å². The normalized spacial score (nSPS) is 28.3. The topological polar surface area (TPSA) is 55.8 Å². The lowest BCUT2D eigenvalue weighted by Crippen LogP contribution is -2.26. The highest BCUT2D eigenvalue weighted by Gasteiger charge is 2.34. The van der Waals surface area contributed by atoms with Crippen molar-refractivity contribution in [2.24, 2.45) is 5.92 Å². The number of aliphatic hydroxyl groups excluding tert-OH is 1. The van der Waals surface area contributed by atoms with E-state index in [4.69, 9.17) is 14.6 Å². The molecule has 0 aromatic carbocycles. The van der Waals surface area contributed by atoms with Crippen LogP contribution in [0.25, 0.3) is 0 Å². The van der Waals surface area contributed by atoms with Crippen LogP contribution < -0.4 is 0 Å². The van der Waals surface area contributed by atoms with Crippen molar-refractivity contribution in [3.8, 4) is 0 Å². The molecule has 1 aliphatic rings. The lowest BCUT2D eigenvalue weighted by molar-refractivity contribution is -0.130. The molecule has 0 spiro atoms. The average molecular weight is 188 g/mol. The number of Topliss-reactive ketones (excluding diaryl/α,β-unsaturated/α-hetero) is 1. The van der Waals surface area contributed by atoms with Crippen molar-refractivity contribution in [1.82, 2.24) is 0 Å². The van der Waals surface area contributed by atoms with E-state index < -0.39 is 0 Å². The Bertz CT molecular complexity index is 169. The van der Waals surface area contributed by atoms with Gasteiger partial charge in [0.15, 0.2) is 0 Å². The van der Waals surface area contributed by atoms with Crippen LogP contribution in [-0.4, -0.2) is 37.0 Å². The van der Waals surface area contributed by atoms with Crippen LogP contribution in [0, 0.1) is 5.92 Å². The number of rotatable bonds is 5. The van der Waals surface area contributed by atoms with Crippen LogP contribution in [0.5, 0.6) is 0 Å². The van der Waals surface area contributed by atoms with Crippen molar-refractivity contribution in [2.45, 2.75) is 25.9 Å². The number of carbonyl (C=O) groups is 1. The molecule has 1 aliphatic carbocycles. The molecule has 76 valence electrons. The molecular formula is C9H16O4. The van der Waals surface area contributed by atoms with Gasteiger partial charge in [-0.05, 0) is 13.3 Å². The van der Waals surface area contributed by atoms with Crippen molar-refractivity contribution in [2.75, 3.05) is 20.0 Å². The van der Waals surface area contributed by atoms with Gasteiger partial charge in [0, 0.05) is 13.0 Å². The summed E-state index contributed by atoms with van der Waals surface area (Å²) in [5.74, 6) is -0.232. The Morgan fingerprint density at radius 2 is 2.38 bits per heavy atom. The molecule has 0 amide bonds. The number of ether oxygens (including phenoxy) is 2. The fourth-order valence-electron chi connectivity index (χ4n) is 1.52. The lowest BCUT2D eigenvalue weighted by Gasteiger charge is -2.16. The Balaban J connectivity index is 2.28. The minimum atomic E-state index is -0.333. The van der Waals surface area contributed by atoms with Crippen molar-refractivity contribution in [1.29, 1.82) is 0 Å². The predicted molar refractivity (Wildman–Crippen MR) is 46.2 cm³/mol. The van der Waals surface area contributed by atoms with E-state index >= 15 is 0 Å². The maximum absolute atomic E-state index is 11.2. The Morgan fingerprint density at radius 1 is 1.62 bits per heavy atom. The van der Waals surface area contributed by atoms with E-state index in [2.05, 4.69) is 0 Å². The zero-order valence-corrected chi connectivity index (χ0v) is 7.86. The van der Waals surface area contributed by atoms with Gasteiger partial charge in [0.05, 0.1) is 18.6 Å². The first-order valence-corrected chi connectivity index (χ1v) is 4.62. The first-order chi connectivity index (χ1) is 6.29. The second-order valence-electron chi connectivity index (χ2n) is 3.11. The first kappa shape index (κ1) is 10.6. The molecular weight excluding hydrogens is 172 g/mol. The van der Waals surface area contributed by atoms with E-state index in [1.165, 1.54) is 0 Å². The average Bonchev–Trinajstić information content (AvgIpc) is 2.47. The van der Waals surface area contributed by atoms with Crippen LogP contribution in [0.1, 0.15) is 19.8 Å². The molecule has 2 atom stereocenters. The van der Waals surface area contributed by atoms with E-state index in [-0.39, 0.29) is 31.2 Å².